The Morgan fingerprint density at radius 3 is 2.57 bits per heavy atom. The number of nitrogens with one attached hydrogen (secondary N) is 1. The molecule has 3 amide bonds. The van der Waals surface area contributed by atoms with Crippen LogP contribution in [-0.4, -0.2) is 72.3 Å². The second kappa shape index (κ2) is 11.3. The van der Waals surface area contributed by atoms with E-state index in [-0.39, 0.29) is 24.1 Å². The average Bonchev–Trinajstić information content (AvgIpc) is 2.90. The summed E-state index contributed by atoms with van der Waals surface area (Å²) in [4.78, 5) is 47.1. The summed E-state index contributed by atoms with van der Waals surface area (Å²) in [5.74, 6) is 0.506. The molecule has 0 spiro atoms. The number of piperidine rings is 1. The molecule has 35 heavy (non-hydrogen) atoms. The van der Waals surface area contributed by atoms with Crippen LogP contribution in [0.15, 0.2) is 48.8 Å². The zero-order chi connectivity index (χ0) is 24.7. The largest absolute Gasteiger partial charge is 0.491 e. The summed E-state index contributed by atoms with van der Waals surface area (Å²) in [5.41, 5.74) is 0.907. The zero-order valence-electron chi connectivity index (χ0n) is 20.4. The first-order valence-corrected chi connectivity index (χ1v) is 12.4. The molecule has 2 aromatic rings. The number of hydrogen-bond acceptors (Lipinski definition) is 5. The van der Waals surface area contributed by atoms with E-state index in [0.29, 0.717) is 56.9 Å². The molecule has 1 fully saturated rings. The molecular formula is C27H34N4O4. The van der Waals surface area contributed by atoms with Crippen molar-refractivity contribution in [1.29, 1.82) is 0 Å². The number of benzene rings is 1. The van der Waals surface area contributed by atoms with E-state index < -0.39 is 5.41 Å². The van der Waals surface area contributed by atoms with E-state index in [1.165, 1.54) is 0 Å². The van der Waals surface area contributed by atoms with Crippen molar-refractivity contribution in [3.05, 3.63) is 59.9 Å². The number of carbonyl (C=O) groups is 3. The summed E-state index contributed by atoms with van der Waals surface area (Å²) in [6.45, 7) is 2.39. The second-order valence-electron chi connectivity index (χ2n) is 9.37. The Bertz CT molecular complexity index is 1030. The predicted octanol–water partition coefficient (Wildman–Crippen LogP) is 2.68. The van der Waals surface area contributed by atoms with Crippen molar-refractivity contribution in [2.45, 2.75) is 38.5 Å². The third kappa shape index (κ3) is 5.81. The van der Waals surface area contributed by atoms with Gasteiger partial charge in [-0.25, -0.2) is 0 Å². The Labute approximate surface area is 206 Å². The lowest BCUT2D eigenvalue weighted by Gasteiger charge is -2.40. The standard InChI is InChI=1S/C27H34N4O4/c1-28-26(34)27-10-4-5-14-30(24(32)19-21-7-6-13-29-20-21)17-18-35-23-9-3-2-8-22(23)25(33)31(15-11-27)16-12-27/h2-3,6-9,13,20H,4-5,10-12,14-19H2,1H3,(H,28,34). The maximum Gasteiger partial charge on any atom is 0.257 e. The van der Waals surface area contributed by atoms with Gasteiger partial charge in [-0.3, -0.25) is 19.4 Å². The molecular weight excluding hydrogens is 444 g/mol. The molecule has 0 saturated carbocycles. The van der Waals surface area contributed by atoms with Crippen molar-refractivity contribution in [3.8, 4) is 5.75 Å². The van der Waals surface area contributed by atoms with Crippen LogP contribution in [0.5, 0.6) is 5.75 Å². The number of ether oxygens (including phenoxy) is 1. The minimum absolute atomic E-state index is 0.0170. The monoisotopic (exact) mass is 478 g/mol. The minimum atomic E-state index is -0.480. The summed E-state index contributed by atoms with van der Waals surface area (Å²) in [7, 11) is 1.68. The summed E-state index contributed by atoms with van der Waals surface area (Å²) in [6.07, 6.45) is 7.32. The van der Waals surface area contributed by atoms with Crippen LogP contribution in [0.2, 0.25) is 0 Å². The van der Waals surface area contributed by atoms with E-state index in [1.807, 2.05) is 34.1 Å². The average molecular weight is 479 g/mol. The van der Waals surface area contributed by atoms with Crippen LogP contribution >= 0.6 is 0 Å². The first-order chi connectivity index (χ1) is 17.0. The third-order valence-electron chi connectivity index (χ3n) is 7.22. The maximum absolute atomic E-state index is 13.3. The highest BCUT2D eigenvalue weighted by atomic mass is 16.5. The van der Waals surface area contributed by atoms with E-state index in [2.05, 4.69) is 10.3 Å². The van der Waals surface area contributed by atoms with Crippen molar-refractivity contribution in [2.75, 3.05) is 39.8 Å². The van der Waals surface area contributed by atoms with Crippen molar-refractivity contribution >= 4 is 17.7 Å². The van der Waals surface area contributed by atoms with Crippen molar-refractivity contribution < 1.29 is 19.1 Å². The van der Waals surface area contributed by atoms with Gasteiger partial charge in [-0.15, -0.1) is 0 Å². The molecule has 1 aromatic heterocycles. The van der Waals surface area contributed by atoms with Gasteiger partial charge in [-0.2, -0.15) is 0 Å². The zero-order valence-corrected chi connectivity index (χ0v) is 20.4. The molecule has 0 aliphatic carbocycles. The summed E-state index contributed by atoms with van der Waals surface area (Å²) >= 11 is 0. The van der Waals surface area contributed by atoms with Crippen LogP contribution in [0, 0.1) is 5.41 Å². The number of aromatic nitrogens is 1. The molecule has 0 unspecified atom stereocenters. The molecule has 0 atom stereocenters. The normalized spacial score (nSPS) is 18.6. The fourth-order valence-electron chi connectivity index (χ4n) is 5.12. The highest BCUT2D eigenvalue weighted by Gasteiger charge is 2.41. The van der Waals surface area contributed by atoms with Gasteiger partial charge in [0.05, 0.1) is 23.9 Å². The minimum Gasteiger partial charge on any atom is -0.491 e. The Morgan fingerprint density at radius 2 is 1.83 bits per heavy atom. The van der Waals surface area contributed by atoms with Crippen LogP contribution < -0.4 is 10.1 Å². The Hall–Kier alpha value is -3.42. The van der Waals surface area contributed by atoms with E-state index in [4.69, 9.17) is 4.74 Å². The topological polar surface area (TPSA) is 91.8 Å². The van der Waals surface area contributed by atoms with Gasteiger partial charge in [0.15, 0.2) is 0 Å². The molecule has 1 saturated heterocycles. The number of para-hydroxylation sites is 1. The van der Waals surface area contributed by atoms with Crippen LogP contribution in [0.4, 0.5) is 0 Å². The SMILES string of the molecule is CNC(=O)C12CCCCN(C(=O)Cc3cccnc3)CCOc3ccccc3C(=O)N(CC1)CC2. The fraction of sp³-hybridized carbons (Fsp3) is 0.481. The third-order valence-corrected chi connectivity index (χ3v) is 7.22. The predicted molar refractivity (Wildman–Crippen MR) is 132 cm³/mol. The van der Waals surface area contributed by atoms with Gasteiger partial charge in [0, 0.05) is 39.1 Å². The van der Waals surface area contributed by atoms with E-state index in [1.54, 1.807) is 31.6 Å². The van der Waals surface area contributed by atoms with Crippen molar-refractivity contribution in [1.82, 2.24) is 20.1 Å². The molecule has 3 aliphatic rings. The molecule has 8 heteroatoms. The van der Waals surface area contributed by atoms with Crippen LogP contribution in [0.3, 0.4) is 0 Å². The Morgan fingerprint density at radius 1 is 1.03 bits per heavy atom. The fourth-order valence-corrected chi connectivity index (χ4v) is 5.12. The molecule has 8 nitrogen and oxygen atoms in total. The van der Waals surface area contributed by atoms with Crippen LogP contribution in [0.25, 0.3) is 0 Å². The van der Waals surface area contributed by atoms with Crippen molar-refractivity contribution in [2.24, 2.45) is 5.41 Å². The summed E-state index contributed by atoms with van der Waals surface area (Å²) < 4.78 is 6.03. The quantitative estimate of drug-likeness (QED) is 0.732. The first kappa shape index (κ1) is 24.7. The number of amides is 3. The number of nitrogens with zero attached hydrogens (tertiary/aromatic N) is 3. The maximum atomic E-state index is 13.3. The van der Waals surface area contributed by atoms with E-state index >= 15 is 0 Å². The van der Waals surface area contributed by atoms with Crippen molar-refractivity contribution in [3.63, 3.8) is 0 Å². The Balaban J connectivity index is 1.56. The highest BCUT2D eigenvalue weighted by molar-refractivity contribution is 5.97. The molecule has 0 radical (unpaired) electrons. The molecule has 1 N–H and O–H groups in total. The number of pyridine rings is 1. The molecule has 2 bridgehead atoms. The molecule has 1 aromatic carbocycles. The van der Waals surface area contributed by atoms with E-state index in [0.717, 1.165) is 24.8 Å². The molecule has 5 rings (SSSR count). The van der Waals surface area contributed by atoms with Gasteiger partial charge in [0.1, 0.15) is 12.4 Å². The van der Waals surface area contributed by atoms with Gasteiger partial charge in [-0.1, -0.05) is 24.6 Å². The van der Waals surface area contributed by atoms with Gasteiger partial charge in [0.2, 0.25) is 11.8 Å². The summed E-state index contributed by atoms with van der Waals surface area (Å²) in [5, 5.41) is 2.84. The van der Waals surface area contributed by atoms with Gasteiger partial charge in [0.25, 0.3) is 5.91 Å². The summed E-state index contributed by atoms with van der Waals surface area (Å²) in [6, 6.07) is 11.0. The smallest absolute Gasteiger partial charge is 0.257 e. The molecule has 4 heterocycles. The lowest BCUT2D eigenvalue weighted by atomic mass is 9.73. The molecule has 186 valence electrons. The Kier molecular flexibility index (Phi) is 8.00. The second-order valence-corrected chi connectivity index (χ2v) is 9.37. The van der Waals surface area contributed by atoms with Crippen LogP contribution in [0.1, 0.15) is 48.0 Å². The molecule has 3 aliphatic heterocycles. The lowest BCUT2D eigenvalue weighted by Crippen LogP contribution is -2.49. The lowest BCUT2D eigenvalue weighted by molar-refractivity contribution is -0.134. The highest BCUT2D eigenvalue weighted by Crippen LogP contribution is 2.38. The van der Waals surface area contributed by atoms with Crippen LogP contribution in [-0.2, 0) is 16.0 Å². The van der Waals surface area contributed by atoms with Gasteiger partial charge >= 0.3 is 0 Å². The van der Waals surface area contributed by atoms with E-state index in [9.17, 15) is 14.4 Å². The number of rotatable bonds is 3. The van der Waals surface area contributed by atoms with Gasteiger partial charge < -0.3 is 19.9 Å². The number of fused-ring (bicyclic) bond motifs is 9. The number of hydrogen-bond donors (Lipinski definition) is 1. The number of carbonyl (C=O) groups excluding carboxylic acids is 3. The first-order valence-electron chi connectivity index (χ1n) is 12.4. The van der Waals surface area contributed by atoms with Gasteiger partial charge in [-0.05, 0) is 49.4 Å².